The van der Waals surface area contributed by atoms with E-state index < -0.39 is 17.1 Å². The van der Waals surface area contributed by atoms with Gasteiger partial charge in [0, 0.05) is 19.8 Å². The normalized spacial score (nSPS) is 11.4. The maximum absolute atomic E-state index is 12.9. The lowest BCUT2D eigenvalue weighted by Crippen LogP contribution is -2.39. The van der Waals surface area contributed by atoms with Gasteiger partial charge >= 0.3 is 5.69 Å². The maximum atomic E-state index is 12.9. The average Bonchev–Trinajstić information content (AvgIpc) is 2.83. The monoisotopic (exact) mass is 496 g/mol. The van der Waals surface area contributed by atoms with Gasteiger partial charge in [0.2, 0.25) is 11.8 Å². The Morgan fingerprint density at radius 1 is 1.06 bits per heavy atom. The van der Waals surface area contributed by atoms with Crippen molar-refractivity contribution in [2.45, 2.75) is 20.8 Å². The average molecular weight is 497 g/mol. The molecule has 0 aliphatic rings. The van der Waals surface area contributed by atoms with Gasteiger partial charge in [-0.15, -0.1) is 0 Å². The number of hydrogen-bond donors (Lipinski definition) is 2. The Morgan fingerprint density at radius 3 is 2.37 bits per heavy atom. The van der Waals surface area contributed by atoms with E-state index in [1.54, 1.807) is 24.3 Å². The molecular weight excluding hydrogens is 468 g/mol. The summed E-state index contributed by atoms with van der Waals surface area (Å²) >= 11 is 0.988. The quantitative estimate of drug-likeness (QED) is 0.383. The minimum absolute atomic E-state index is 0.0752. The van der Waals surface area contributed by atoms with Crippen LogP contribution in [0.1, 0.15) is 23.6 Å². The van der Waals surface area contributed by atoms with Gasteiger partial charge in [0.25, 0.3) is 5.56 Å². The first-order valence-electron chi connectivity index (χ1n) is 10.9. The van der Waals surface area contributed by atoms with Crippen molar-refractivity contribution in [2.75, 3.05) is 17.7 Å². The molecule has 0 aliphatic heterocycles. The van der Waals surface area contributed by atoms with Crippen LogP contribution in [0.15, 0.2) is 57.0 Å². The largest absolute Gasteiger partial charge is 0.494 e. The summed E-state index contributed by atoms with van der Waals surface area (Å²) in [4.78, 5) is 42.3. The smallest absolute Gasteiger partial charge is 0.333 e. The summed E-state index contributed by atoms with van der Waals surface area (Å²) in [6.45, 7) is 6.34. The van der Waals surface area contributed by atoms with Crippen molar-refractivity contribution in [1.82, 2.24) is 9.13 Å². The van der Waals surface area contributed by atoms with E-state index in [0.29, 0.717) is 23.7 Å². The number of rotatable bonds is 7. The Kier molecular flexibility index (Phi) is 8.18. The zero-order valence-electron chi connectivity index (χ0n) is 20.3. The van der Waals surface area contributed by atoms with E-state index in [1.165, 1.54) is 14.1 Å². The Morgan fingerprint density at radius 2 is 1.74 bits per heavy atom. The third kappa shape index (κ3) is 6.02. The van der Waals surface area contributed by atoms with Crippen LogP contribution in [0.3, 0.4) is 0 Å². The first kappa shape index (κ1) is 25.8. The summed E-state index contributed by atoms with van der Waals surface area (Å²) in [5.41, 5.74) is 1.76. The fraction of sp³-hybridized carbons (Fsp3) is 0.280. The molecule has 1 aromatic heterocycles. The summed E-state index contributed by atoms with van der Waals surface area (Å²) in [5, 5.41) is 13.6. The van der Waals surface area contributed by atoms with Gasteiger partial charge in [0.15, 0.2) is 0 Å². The zero-order valence-corrected chi connectivity index (χ0v) is 21.1. The topological polar surface area (TPSA) is 115 Å². The number of aliphatic imine (C=N–C) groups is 1. The molecule has 0 aliphatic carbocycles. The van der Waals surface area contributed by atoms with Crippen molar-refractivity contribution in [3.05, 3.63) is 80.0 Å². The molecule has 0 radical (unpaired) electrons. The van der Waals surface area contributed by atoms with Crippen molar-refractivity contribution in [1.29, 1.82) is 0 Å². The van der Waals surface area contributed by atoms with E-state index in [0.717, 1.165) is 32.0 Å². The number of hydrogen-bond acceptors (Lipinski definition) is 7. The van der Waals surface area contributed by atoms with Crippen LogP contribution in [-0.2, 0) is 18.9 Å². The molecule has 0 saturated carbocycles. The highest BCUT2D eigenvalue weighted by Gasteiger charge is 2.22. The fourth-order valence-electron chi connectivity index (χ4n) is 3.23. The summed E-state index contributed by atoms with van der Waals surface area (Å²) in [5.74, 6) is -0.244. The number of thioether (sulfide) groups is 1. The molecule has 0 atom stereocenters. The van der Waals surface area contributed by atoms with Crippen molar-refractivity contribution < 1.29 is 14.6 Å². The molecule has 184 valence electrons. The van der Waals surface area contributed by atoms with Gasteiger partial charge in [-0.25, -0.2) is 9.79 Å². The van der Waals surface area contributed by atoms with Gasteiger partial charge in [0.05, 0.1) is 18.0 Å². The van der Waals surface area contributed by atoms with Crippen LogP contribution < -0.4 is 21.3 Å². The van der Waals surface area contributed by atoms with Crippen LogP contribution in [0, 0.1) is 13.8 Å². The molecule has 35 heavy (non-hydrogen) atoms. The number of carbonyl (C=O) groups is 1. The number of benzene rings is 2. The number of aryl methyl sites for hydroxylation is 2. The highest BCUT2D eigenvalue weighted by molar-refractivity contribution is 8.15. The number of nitrogens with zero attached hydrogens (tertiary/aromatic N) is 3. The second-order valence-corrected chi connectivity index (χ2v) is 8.85. The summed E-state index contributed by atoms with van der Waals surface area (Å²) in [6.07, 6.45) is 0. The number of carbonyl (C=O) groups excluding carboxylic acids is 1. The van der Waals surface area contributed by atoms with E-state index in [2.05, 4.69) is 10.3 Å². The van der Waals surface area contributed by atoms with Crippen LogP contribution in [0.5, 0.6) is 11.6 Å². The molecule has 3 rings (SSSR count). The molecule has 1 heterocycles. The van der Waals surface area contributed by atoms with Gasteiger partial charge in [-0.05, 0) is 68.3 Å². The molecule has 0 bridgehead atoms. The van der Waals surface area contributed by atoms with E-state index in [1.807, 2.05) is 39.0 Å². The van der Waals surface area contributed by atoms with E-state index in [9.17, 15) is 19.5 Å². The molecule has 0 fully saturated rings. The molecule has 9 nitrogen and oxygen atoms in total. The number of aromatic nitrogens is 2. The highest BCUT2D eigenvalue weighted by Crippen LogP contribution is 2.25. The SMILES string of the molecule is CCOc1ccc(N=C(SCC(=O)Nc2ccc(C)c(C)c2)c2c(O)n(C)c(=O)n(C)c2=O)cc1. The molecular formula is C25H28N4O5S. The van der Waals surface area contributed by atoms with Crippen LogP contribution in [0.2, 0.25) is 0 Å². The zero-order chi connectivity index (χ0) is 25.7. The Balaban J connectivity index is 1.96. The Hall–Kier alpha value is -3.79. The van der Waals surface area contributed by atoms with Crippen molar-refractivity contribution in [3.8, 4) is 11.6 Å². The summed E-state index contributed by atoms with van der Waals surface area (Å²) in [6, 6.07) is 12.5. The number of aromatic hydroxyl groups is 1. The molecule has 3 aromatic rings. The highest BCUT2D eigenvalue weighted by atomic mass is 32.2. The second-order valence-electron chi connectivity index (χ2n) is 7.88. The maximum Gasteiger partial charge on any atom is 0.333 e. The summed E-state index contributed by atoms with van der Waals surface area (Å²) < 4.78 is 7.29. The van der Waals surface area contributed by atoms with E-state index >= 15 is 0 Å². The predicted octanol–water partition coefficient (Wildman–Crippen LogP) is 3.26. The van der Waals surface area contributed by atoms with E-state index in [4.69, 9.17) is 4.74 Å². The molecule has 2 aromatic carbocycles. The minimum atomic E-state index is -0.711. The Bertz CT molecular complexity index is 1390. The van der Waals surface area contributed by atoms with Crippen LogP contribution >= 0.6 is 11.8 Å². The molecule has 1 amide bonds. The van der Waals surface area contributed by atoms with Gasteiger partial charge in [-0.2, -0.15) is 0 Å². The lowest BCUT2D eigenvalue weighted by atomic mass is 10.1. The van der Waals surface area contributed by atoms with Crippen molar-refractivity contribution >= 4 is 34.1 Å². The van der Waals surface area contributed by atoms with Crippen molar-refractivity contribution in [3.63, 3.8) is 0 Å². The minimum Gasteiger partial charge on any atom is -0.494 e. The summed E-state index contributed by atoms with van der Waals surface area (Å²) in [7, 11) is 2.67. The Labute approximate surface area is 207 Å². The van der Waals surface area contributed by atoms with Crippen LogP contribution in [-0.4, -0.2) is 37.6 Å². The molecule has 10 heteroatoms. The van der Waals surface area contributed by atoms with E-state index in [-0.39, 0.29) is 22.3 Å². The third-order valence-corrected chi connectivity index (χ3v) is 6.33. The predicted molar refractivity (Wildman–Crippen MR) is 139 cm³/mol. The second kappa shape index (κ2) is 11.1. The molecule has 0 spiro atoms. The number of anilines is 1. The molecule has 0 unspecified atom stereocenters. The van der Waals surface area contributed by atoms with Gasteiger partial charge in [-0.1, -0.05) is 17.8 Å². The van der Waals surface area contributed by atoms with Crippen LogP contribution in [0.25, 0.3) is 0 Å². The lowest BCUT2D eigenvalue weighted by molar-refractivity contribution is -0.113. The third-order valence-electron chi connectivity index (χ3n) is 5.36. The first-order valence-corrected chi connectivity index (χ1v) is 11.9. The number of amides is 1. The fourth-order valence-corrected chi connectivity index (χ4v) is 4.06. The lowest BCUT2D eigenvalue weighted by Gasteiger charge is -2.13. The standard InChI is InChI=1S/C25H28N4O5S/c1-6-34-19-11-9-17(10-12-19)27-22(21-23(31)28(4)25(33)29(5)24(21)32)35-14-20(30)26-18-8-7-15(2)16(3)13-18/h7-13,31H,6,14H2,1-5H3,(H,26,30). The first-order chi connectivity index (χ1) is 16.6. The molecule has 0 saturated heterocycles. The van der Waals surface area contributed by atoms with Crippen molar-refractivity contribution in [2.24, 2.45) is 19.1 Å². The van der Waals surface area contributed by atoms with Gasteiger partial charge in [-0.3, -0.25) is 18.7 Å². The number of nitrogens with one attached hydrogen (secondary N) is 1. The number of ether oxygens (including phenoxy) is 1. The van der Waals surface area contributed by atoms with Gasteiger partial charge in [0.1, 0.15) is 16.4 Å². The van der Waals surface area contributed by atoms with Gasteiger partial charge < -0.3 is 15.2 Å². The van der Waals surface area contributed by atoms with Crippen LogP contribution in [0.4, 0.5) is 11.4 Å². The molecule has 2 N–H and O–H groups in total.